The van der Waals surface area contributed by atoms with E-state index < -0.39 is 47.4 Å². The maximum atomic E-state index is 11.9. The van der Waals surface area contributed by atoms with Crippen LogP contribution in [0.3, 0.4) is 0 Å². The molecule has 1 aromatic rings. The number of hydrogen-bond acceptors (Lipinski definition) is 7. The van der Waals surface area contributed by atoms with E-state index in [1.54, 1.807) is 0 Å². The van der Waals surface area contributed by atoms with Crippen LogP contribution in [0.1, 0.15) is 0 Å². The summed E-state index contributed by atoms with van der Waals surface area (Å²) in [6.45, 7) is 2.53. The van der Waals surface area contributed by atoms with Gasteiger partial charge in [-0.3, -0.25) is 14.3 Å². The number of aromatic nitrogens is 2. The Bertz CT molecular complexity index is 724. The van der Waals surface area contributed by atoms with Gasteiger partial charge in [0.1, 0.15) is 12.2 Å². The number of H-pyrrole nitrogens is 1. The molecule has 5 N–H and O–H groups in total. The average Bonchev–Trinajstić information content (AvgIpc) is 2.70. The molecule has 1 aromatic heterocycles. The predicted molar refractivity (Wildman–Crippen MR) is 70.0 cm³/mol. The Morgan fingerprint density at radius 2 is 2.18 bits per heavy atom. The molecule has 4 atom stereocenters. The van der Waals surface area contributed by atoms with Crippen molar-refractivity contribution in [3.8, 4) is 0 Å². The molecule has 0 bridgehead atoms. The first-order chi connectivity index (χ1) is 10.2. The minimum Gasteiger partial charge on any atom is -0.479 e. The lowest BCUT2D eigenvalue weighted by molar-refractivity contribution is -0.198. The Balaban J connectivity index is 2.80. The van der Waals surface area contributed by atoms with E-state index in [0.717, 1.165) is 18.3 Å². The summed E-state index contributed by atoms with van der Waals surface area (Å²) in [5.74, 6) is -1.89. The van der Waals surface area contributed by atoms with Gasteiger partial charge < -0.3 is 25.2 Å². The molecule has 10 nitrogen and oxygen atoms in total. The van der Waals surface area contributed by atoms with Gasteiger partial charge in [0.2, 0.25) is 11.3 Å². The highest BCUT2D eigenvalue weighted by Crippen LogP contribution is 2.44. The van der Waals surface area contributed by atoms with Gasteiger partial charge in [-0.25, -0.2) is 9.59 Å². The number of rotatable bonds is 4. The zero-order valence-electron chi connectivity index (χ0n) is 11.2. The van der Waals surface area contributed by atoms with E-state index in [1.165, 1.54) is 0 Å². The lowest BCUT2D eigenvalue weighted by Gasteiger charge is -2.37. The normalized spacial score (nSPS) is 34.5. The van der Waals surface area contributed by atoms with Crippen LogP contribution in [-0.2, 0) is 15.3 Å². The molecule has 1 aliphatic rings. The Morgan fingerprint density at radius 1 is 1.55 bits per heavy atom. The van der Waals surface area contributed by atoms with Crippen LogP contribution in [0.2, 0.25) is 0 Å². The average molecular weight is 314 g/mol. The zero-order chi connectivity index (χ0) is 16.7. The first kappa shape index (κ1) is 16.1. The molecule has 0 aromatic carbocycles. The molecule has 2 rings (SSSR count). The van der Waals surface area contributed by atoms with Gasteiger partial charge in [0.25, 0.3) is 5.56 Å². The van der Waals surface area contributed by atoms with E-state index in [2.05, 4.69) is 6.58 Å². The van der Waals surface area contributed by atoms with Crippen LogP contribution in [-0.4, -0.2) is 60.4 Å². The number of carbonyl (C=O) groups is 1. The predicted octanol–water partition coefficient (Wildman–Crippen LogP) is -3.06. The fourth-order valence-corrected chi connectivity index (χ4v) is 2.50. The van der Waals surface area contributed by atoms with Gasteiger partial charge in [-0.15, -0.1) is 0 Å². The van der Waals surface area contributed by atoms with Crippen LogP contribution < -0.4 is 11.2 Å². The molecule has 0 aliphatic carbocycles. The van der Waals surface area contributed by atoms with Crippen molar-refractivity contribution in [3.63, 3.8) is 0 Å². The molecule has 120 valence electrons. The van der Waals surface area contributed by atoms with Crippen LogP contribution in [0.15, 0.2) is 34.5 Å². The third-order valence-electron chi connectivity index (χ3n) is 3.62. The molecular formula is C12H14N2O8. The summed E-state index contributed by atoms with van der Waals surface area (Å²) in [6.07, 6.45) is -1.84. The Hall–Kier alpha value is -2.27. The second-order valence-electron chi connectivity index (χ2n) is 4.74. The van der Waals surface area contributed by atoms with Gasteiger partial charge in [0, 0.05) is 12.3 Å². The van der Waals surface area contributed by atoms with Crippen molar-refractivity contribution in [3.05, 3.63) is 45.8 Å². The highest BCUT2D eigenvalue weighted by Gasteiger charge is 2.70. The minimum absolute atomic E-state index is 0.578. The number of nitrogens with zero attached hydrogens (tertiary/aromatic N) is 1. The quantitative estimate of drug-likeness (QED) is 0.366. The van der Waals surface area contributed by atoms with E-state index >= 15 is 0 Å². The lowest BCUT2D eigenvalue weighted by atomic mass is 9.85. The monoisotopic (exact) mass is 314 g/mol. The van der Waals surface area contributed by atoms with E-state index in [4.69, 9.17) is 9.84 Å². The van der Waals surface area contributed by atoms with Gasteiger partial charge in [-0.1, -0.05) is 6.58 Å². The number of carboxylic acids is 1. The summed E-state index contributed by atoms with van der Waals surface area (Å²) in [5, 5.41) is 39.0. The van der Waals surface area contributed by atoms with Gasteiger partial charge in [0.05, 0.1) is 6.61 Å². The number of hydrogen-bond donors (Lipinski definition) is 5. The SMILES string of the molecule is C=C[C@@]1(n2ccc(=O)[nH]c2=O)O[C@H](CO)[C@@H](O)[C@]1(O)C(=O)O. The molecule has 0 spiro atoms. The van der Waals surface area contributed by atoms with Gasteiger partial charge in [-0.05, 0) is 6.08 Å². The Labute approximate surface area is 122 Å². The standard InChI is InChI=1S/C12H14N2O8/c1-2-11(14-4-3-7(16)13-10(14)20)12(21,9(18)19)8(17)6(5-15)22-11/h2-4,6,8,15,17,21H,1,5H2,(H,18,19)(H,13,16,20)/t6-,8-,11-,12+/m1/s1. The summed E-state index contributed by atoms with van der Waals surface area (Å²) in [4.78, 5) is 36.5. The van der Waals surface area contributed by atoms with Crippen LogP contribution in [0.4, 0.5) is 0 Å². The maximum Gasteiger partial charge on any atom is 0.344 e. The molecule has 0 unspecified atom stereocenters. The highest BCUT2D eigenvalue weighted by atomic mass is 16.6. The molecule has 1 saturated heterocycles. The molecule has 22 heavy (non-hydrogen) atoms. The number of aliphatic hydroxyl groups is 3. The number of ether oxygens (including phenoxy) is 1. The first-order valence-corrected chi connectivity index (χ1v) is 6.13. The van der Waals surface area contributed by atoms with Crippen molar-refractivity contribution in [2.24, 2.45) is 0 Å². The van der Waals surface area contributed by atoms with Gasteiger partial charge >= 0.3 is 11.7 Å². The lowest BCUT2D eigenvalue weighted by Crippen LogP contribution is -2.64. The fraction of sp³-hybridized carbons (Fsp3) is 0.417. The largest absolute Gasteiger partial charge is 0.479 e. The molecule has 1 aliphatic heterocycles. The van der Waals surface area contributed by atoms with Crippen molar-refractivity contribution < 1.29 is 30.0 Å². The summed E-state index contributed by atoms with van der Waals surface area (Å²) in [5.41, 5.74) is -7.27. The van der Waals surface area contributed by atoms with Crippen molar-refractivity contribution in [2.75, 3.05) is 6.61 Å². The number of nitrogens with one attached hydrogen (secondary N) is 1. The molecule has 0 saturated carbocycles. The van der Waals surface area contributed by atoms with Crippen molar-refractivity contribution in [2.45, 2.75) is 23.5 Å². The van der Waals surface area contributed by atoms with Crippen LogP contribution in [0, 0.1) is 0 Å². The summed E-state index contributed by atoms with van der Waals surface area (Å²) >= 11 is 0. The second kappa shape index (κ2) is 5.18. The highest BCUT2D eigenvalue weighted by molar-refractivity contribution is 5.80. The van der Waals surface area contributed by atoms with E-state index in [9.17, 15) is 29.7 Å². The second-order valence-corrected chi connectivity index (χ2v) is 4.74. The molecule has 0 radical (unpaired) electrons. The minimum atomic E-state index is -3.01. The van der Waals surface area contributed by atoms with Crippen molar-refractivity contribution in [1.29, 1.82) is 0 Å². The van der Waals surface area contributed by atoms with Crippen LogP contribution >= 0.6 is 0 Å². The zero-order valence-corrected chi connectivity index (χ0v) is 11.2. The molecule has 2 heterocycles. The molecule has 1 fully saturated rings. The van der Waals surface area contributed by atoms with Crippen LogP contribution in [0.5, 0.6) is 0 Å². The molecule has 10 heteroatoms. The van der Waals surface area contributed by atoms with Gasteiger partial charge in [-0.2, -0.15) is 0 Å². The Kier molecular flexibility index (Phi) is 3.79. The summed E-state index contributed by atoms with van der Waals surface area (Å²) in [6, 6.07) is 0.900. The van der Waals surface area contributed by atoms with E-state index in [1.807, 2.05) is 4.98 Å². The third-order valence-corrected chi connectivity index (χ3v) is 3.62. The number of carboxylic acid groups (broad SMARTS) is 1. The summed E-state index contributed by atoms with van der Waals surface area (Å²) in [7, 11) is 0. The number of aromatic amines is 1. The van der Waals surface area contributed by atoms with E-state index in [-0.39, 0.29) is 0 Å². The maximum absolute atomic E-state index is 11.9. The topological polar surface area (TPSA) is 162 Å². The van der Waals surface area contributed by atoms with Crippen LogP contribution in [0.25, 0.3) is 0 Å². The molecule has 0 amide bonds. The third kappa shape index (κ3) is 1.85. The Morgan fingerprint density at radius 3 is 2.64 bits per heavy atom. The fourth-order valence-electron chi connectivity index (χ4n) is 2.50. The number of aliphatic carboxylic acids is 1. The van der Waals surface area contributed by atoms with E-state index in [0.29, 0.717) is 4.57 Å². The van der Waals surface area contributed by atoms with Gasteiger partial charge in [0.15, 0.2) is 0 Å². The first-order valence-electron chi connectivity index (χ1n) is 6.13. The van der Waals surface area contributed by atoms with Crippen molar-refractivity contribution in [1.82, 2.24) is 9.55 Å². The number of aliphatic hydroxyl groups excluding tert-OH is 2. The van der Waals surface area contributed by atoms with Crippen molar-refractivity contribution >= 4 is 5.97 Å². The smallest absolute Gasteiger partial charge is 0.344 e. The summed E-state index contributed by atoms with van der Waals surface area (Å²) < 4.78 is 5.81. The molecular weight excluding hydrogens is 300 g/mol.